The number of hydrogen-bond donors (Lipinski definition) is 2. The van der Waals surface area contributed by atoms with E-state index in [1.807, 2.05) is 0 Å². The number of carbonyl (C=O) groups is 1. The largest absolute Gasteiger partial charge is 0.353 e. The molecule has 1 unspecified atom stereocenters. The summed E-state index contributed by atoms with van der Waals surface area (Å²) in [5, 5.41) is 6.75. The van der Waals surface area contributed by atoms with E-state index in [-0.39, 0.29) is 11.9 Å². The third-order valence-electron chi connectivity index (χ3n) is 4.83. The van der Waals surface area contributed by atoms with E-state index in [0.717, 1.165) is 25.8 Å². The zero-order chi connectivity index (χ0) is 14.5. The number of amides is 1. The van der Waals surface area contributed by atoms with Crippen LogP contribution in [0.3, 0.4) is 0 Å². The van der Waals surface area contributed by atoms with Crippen molar-refractivity contribution in [1.82, 2.24) is 10.6 Å². The van der Waals surface area contributed by atoms with Crippen molar-refractivity contribution >= 4 is 5.91 Å². The van der Waals surface area contributed by atoms with Crippen molar-refractivity contribution < 1.29 is 4.79 Å². The van der Waals surface area contributed by atoms with Crippen molar-refractivity contribution in [3.05, 3.63) is 35.4 Å². The number of benzene rings is 1. The maximum Gasteiger partial charge on any atom is 0.222 e. The molecule has 0 bridgehead atoms. The molecule has 0 aromatic heterocycles. The molecule has 3 nitrogen and oxygen atoms in total. The molecule has 114 valence electrons. The Morgan fingerprint density at radius 2 is 1.90 bits per heavy atom. The third kappa shape index (κ3) is 3.85. The Kier molecular flexibility index (Phi) is 4.91. The van der Waals surface area contributed by atoms with Crippen LogP contribution in [0.1, 0.15) is 62.1 Å². The van der Waals surface area contributed by atoms with Gasteiger partial charge in [0.1, 0.15) is 0 Å². The fraction of sp³-hybridized carbons (Fsp3) is 0.611. The minimum atomic E-state index is 0.181. The van der Waals surface area contributed by atoms with Gasteiger partial charge in [-0.2, -0.15) is 0 Å². The number of nitrogens with one attached hydrogen (secondary N) is 2. The summed E-state index contributed by atoms with van der Waals surface area (Å²) in [7, 11) is 0. The molecule has 0 spiro atoms. The van der Waals surface area contributed by atoms with Crippen LogP contribution in [0, 0.1) is 0 Å². The number of hydrogen-bond acceptors (Lipinski definition) is 2. The van der Waals surface area contributed by atoms with Gasteiger partial charge >= 0.3 is 0 Å². The summed E-state index contributed by atoms with van der Waals surface area (Å²) in [6.45, 7) is 0.971. The van der Waals surface area contributed by atoms with Crippen molar-refractivity contribution in [1.29, 1.82) is 0 Å². The van der Waals surface area contributed by atoms with Gasteiger partial charge in [0.25, 0.3) is 0 Å². The summed E-state index contributed by atoms with van der Waals surface area (Å²) in [6.07, 6.45) is 9.10. The van der Waals surface area contributed by atoms with E-state index < -0.39 is 0 Å². The summed E-state index contributed by atoms with van der Waals surface area (Å²) < 4.78 is 0. The van der Waals surface area contributed by atoms with Crippen LogP contribution in [0.25, 0.3) is 0 Å². The SMILES string of the molecule is O=C(CC1NCCc2ccccc21)NC1CCCCCC1. The van der Waals surface area contributed by atoms with Gasteiger partial charge in [-0.25, -0.2) is 0 Å². The molecule has 1 aliphatic carbocycles. The van der Waals surface area contributed by atoms with Crippen LogP contribution in [0.5, 0.6) is 0 Å². The van der Waals surface area contributed by atoms with Crippen molar-refractivity contribution in [2.24, 2.45) is 0 Å². The van der Waals surface area contributed by atoms with E-state index in [0.29, 0.717) is 12.5 Å². The molecule has 1 saturated carbocycles. The lowest BCUT2D eigenvalue weighted by molar-refractivity contribution is -0.122. The summed E-state index contributed by atoms with van der Waals surface area (Å²) >= 11 is 0. The van der Waals surface area contributed by atoms with E-state index in [1.165, 1.54) is 36.8 Å². The first kappa shape index (κ1) is 14.6. The average molecular weight is 286 g/mol. The Labute approximate surface area is 127 Å². The molecule has 2 aliphatic rings. The summed E-state index contributed by atoms with van der Waals surface area (Å²) in [6, 6.07) is 9.09. The minimum Gasteiger partial charge on any atom is -0.353 e. The van der Waals surface area contributed by atoms with Gasteiger partial charge in [-0.15, -0.1) is 0 Å². The molecule has 3 heteroatoms. The van der Waals surface area contributed by atoms with Crippen LogP contribution in [0.15, 0.2) is 24.3 Å². The molecule has 1 aromatic carbocycles. The van der Waals surface area contributed by atoms with Crippen molar-refractivity contribution in [3.63, 3.8) is 0 Å². The van der Waals surface area contributed by atoms with E-state index >= 15 is 0 Å². The van der Waals surface area contributed by atoms with E-state index in [2.05, 4.69) is 34.9 Å². The van der Waals surface area contributed by atoms with Crippen LogP contribution in [-0.2, 0) is 11.2 Å². The van der Waals surface area contributed by atoms with Gasteiger partial charge in [-0.05, 0) is 36.9 Å². The Hall–Kier alpha value is -1.35. The molecule has 1 amide bonds. The topological polar surface area (TPSA) is 41.1 Å². The second kappa shape index (κ2) is 7.08. The Bertz CT molecular complexity index is 478. The molecule has 1 atom stereocenters. The standard InChI is InChI=1S/C18H26N2O/c21-18(20-15-8-3-1-2-4-9-15)13-17-16-10-6-5-7-14(16)11-12-19-17/h5-7,10,15,17,19H,1-4,8-9,11-13H2,(H,20,21). The van der Waals surface area contributed by atoms with E-state index in [9.17, 15) is 4.79 Å². The first-order valence-corrected chi connectivity index (χ1v) is 8.43. The van der Waals surface area contributed by atoms with Gasteiger partial charge in [0.2, 0.25) is 5.91 Å². The van der Waals surface area contributed by atoms with E-state index in [4.69, 9.17) is 0 Å². The van der Waals surface area contributed by atoms with Crippen LogP contribution in [-0.4, -0.2) is 18.5 Å². The first-order valence-electron chi connectivity index (χ1n) is 8.43. The van der Waals surface area contributed by atoms with Crippen molar-refractivity contribution in [2.75, 3.05) is 6.54 Å². The lowest BCUT2D eigenvalue weighted by Crippen LogP contribution is -2.38. The Morgan fingerprint density at radius 3 is 2.71 bits per heavy atom. The van der Waals surface area contributed by atoms with Gasteiger partial charge in [0.05, 0.1) is 0 Å². The van der Waals surface area contributed by atoms with Gasteiger partial charge in [-0.1, -0.05) is 49.9 Å². The van der Waals surface area contributed by atoms with Gasteiger partial charge < -0.3 is 10.6 Å². The molecule has 21 heavy (non-hydrogen) atoms. The predicted molar refractivity (Wildman–Crippen MR) is 85.1 cm³/mol. The van der Waals surface area contributed by atoms with Crippen LogP contribution < -0.4 is 10.6 Å². The highest BCUT2D eigenvalue weighted by Gasteiger charge is 2.23. The highest BCUT2D eigenvalue weighted by atomic mass is 16.1. The molecular weight excluding hydrogens is 260 g/mol. The van der Waals surface area contributed by atoms with Crippen LogP contribution >= 0.6 is 0 Å². The number of fused-ring (bicyclic) bond motifs is 1. The first-order chi connectivity index (χ1) is 10.3. The van der Waals surface area contributed by atoms with Gasteiger partial charge in [0, 0.05) is 18.5 Å². The molecule has 1 fully saturated rings. The lowest BCUT2D eigenvalue weighted by atomic mass is 9.92. The monoisotopic (exact) mass is 286 g/mol. The van der Waals surface area contributed by atoms with Crippen molar-refractivity contribution in [2.45, 2.75) is 63.5 Å². The molecule has 0 radical (unpaired) electrons. The van der Waals surface area contributed by atoms with Crippen LogP contribution in [0.4, 0.5) is 0 Å². The van der Waals surface area contributed by atoms with E-state index in [1.54, 1.807) is 0 Å². The smallest absolute Gasteiger partial charge is 0.222 e. The van der Waals surface area contributed by atoms with Crippen molar-refractivity contribution in [3.8, 4) is 0 Å². The number of rotatable bonds is 3. The van der Waals surface area contributed by atoms with Gasteiger partial charge in [0.15, 0.2) is 0 Å². The van der Waals surface area contributed by atoms with Gasteiger partial charge in [-0.3, -0.25) is 4.79 Å². The minimum absolute atomic E-state index is 0.181. The molecule has 1 heterocycles. The highest BCUT2D eigenvalue weighted by Crippen LogP contribution is 2.25. The maximum absolute atomic E-state index is 12.4. The Balaban J connectivity index is 1.58. The zero-order valence-corrected chi connectivity index (χ0v) is 12.7. The normalized spacial score (nSPS) is 23.1. The highest BCUT2D eigenvalue weighted by molar-refractivity contribution is 5.77. The lowest BCUT2D eigenvalue weighted by Gasteiger charge is -2.27. The predicted octanol–water partition coefficient (Wildman–Crippen LogP) is 3.10. The second-order valence-corrected chi connectivity index (χ2v) is 6.42. The zero-order valence-electron chi connectivity index (χ0n) is 12.7. The molecular formula is C18H26N2O. The summed E-state index contributed by atoms with van der Waals surface area (Å²) in [4.78, 5) is 12.4. The fourth-order valence-corrected chi connectivity index (χ4v) is 3.67. The Morgan fingerprint density at radius 1 is 1.14 bits per heavy atom. The summed E-state index contributed by atoms with van der Waals surface area (Å²) in [5.41, 5.74) is 2.70. The molecule has 3 rings (SSSR count). The quantitative estimate of drug-likeness (QED) is 0.838. The average Bonchev–Trinajstić information content (AvgIpc) is 2.76. The molecule has 2 N–H and O–H groups in total. The number of carbonyl (C=O) groups excluding carboxylic acids is 1. The second-order valence-electron chi connectivity index (χ2n) is 6.42. The maximum atomic E-state index is 12.4. The fourth-order valence-electron chi connectivity index (χ4n) is 3.67. The summed E-state index contributed by atoms with van der Waals surface area (Å²) in [5.74, 6) is 0.205. The van der Waals surface area contributed by atoms with Crippen LogP contribution in [0.2, 0.25) is 0 Å². The molecule has 0 saturated heterocycles. The third-order valence-corrected chi connectivity index (χ3v) is 4.83. The molecule has 1 aliphatic heterocycles. The molecule has 1 aromatic rings.